The third kappa shape index (κ3) is 4.10. The fourth-order valence-corrected chi connectivity index (χ4v) is 2.86. The lowest BCUT2D eigenvalue weighted by Gasteiger charge is -2.13. The summed E-state index contributed by atoms with van der Waals surface area (Å²) in [6, 6.07) is 11.3. The Hall–Kier alpha value is -2.90. The molecule has 1 heterocycles. The number of benzene rings is 2. The van der Waals surface area contributed by atoms with Crippen molar-refractivity contribution in [2.45, 2.75) is 0 Å². The van der Waals surface area contributed by atoms with Crippen LogP contribution in [0.5, 0.6) is 0 Å². The molecule has 0 unspecified atom stereocenters. The van der Waals surface area contributed by atoms with Crippen molar-refractivity contribution in [3.05, 3.63) is 63.6 Å². The van der Waals surface area contributed by atoms with Crippen molar-refractivity contribution in [3.63, 3.8) is 0 Å². The minimum atomic E-state index is -0.648. The summed E-state index contributed by atoms with van der Waals surface area (Å²) in [4.78, 5) is 49.3. The van der Waals surface area contributed by atoms with E-state index in [0.717, 1.165) is 4.90 Å². The standard InChI is InChI=1S/C18H13Cl2N3O4/c19-13-6-11-12(7-14(13)20)18(27)23(17(11)26)9-16(25)21-8-15(24)22-10-4-2-1-3-5-10/h1-7H,8-9H2,(H,21,25)(H,22,24). The lowest BCUT2D eigenvalue weighted by Crippen LogP contribution is -2.42. The average Bonchev–Trinajstić information content (AvgIpc) is 2.86. The maximum Gasteiger partial charge on any atom is 0.262 e. The van der Waals surface area contributed by atoms with Gasteiger partial charge in [-0.05, 0) is 24.3 Å². The zero-order valence-electron chi connectivity index (χ0n) is 13.8. The molecule has 138 valence electrons. The predicted molar refractivity (Wildman–Crippen MR) is 99.9 cm³/mol. The molecule has 1 aliphatic heterocycles. The molecule has 4 amide bonds. The summed E-state index contributed by atoms with van der Waals surface area (Å²) in [6.45, 7) is -0.811. The minimum Gasteiger partial charge on any atom is -0.345 e. The van der Waals surface area contributed by atoms with Crippen LogP contribution in [0.4, 0.5) is 5.69 Å². The molecule has 3 rings (SSSR count). The minimum absolute atomic E-state index is 0.0871. The van der Waals surface area contributed by atoms with Crippen molar-refractivity contribution >= 4 is 52.5 Å². The highest BCUT2D eigenvalue weighted by Gasteiger charge is 2.37. The van der Waals surface area contributed by atoms with Gasteiger partial charge in [-0.15, -0.1) is 0 Å². The molecule has 2 aromatic rings. The number of rotatable bonds is 5. The van der Waals surface area contributed by atoms with Crippen molar-refractivity contribution < 1.29 is 19.2 Å². The van der Waals surface area contributed by atoms with Crippen LogP contribution in [-0.4, -0.2) is 41.6 Å². The normalized spacial score (nSPS) is 12.7. The lowest BCUT2D eigenvalue weighted by atomic mass is 10.1. The molecule has 1 aliphatic rings. The molecule has 2 N–H and O–H groups in total. The molecule has 0 aliphatic carbocycles. The first-order valence-electron chi connectivity index (χ1n) is 7.83. The maximum absolute atomic E-state index is 12.3. The molecule has 9 heteroatoms. The number of carbonyl (C=O) groups excluding carboxylic acids is 4. The van der Waals surface area contributed by atoms with Gasteiger partial charge in [0.1, 0.15) is 6.54 Å². The molecular weight excluding hydrogens is 393 g/mol. The molecule has 0 saturated carbocycles. The molecule has 0 aromatic heterocycles. The fraction of sp³-hybridized carbons (Fsp3) is 0.111. The van der Waals surface area contributed by atoms with E-state index in [-0.39, 0.29) is 27.7 Å². The molecule has 27 heavy (non-hydrogen) atoms. The number of carbonyl (C=O) groups is 4. The molecule has 0 fully saturated rings. The van der Waals surface area contributed by atoms with E-state index in [4.69, 9.17) is 23.2 Å². The van der Waals surface area contributed by atoms with Gasteiger partial charge >= 0.3 is 0 Å². The Morgan fingerprint density at radius 1 is 0.889 bits per heavy atom. The van der Waals surface area contributed by atoms with Crippen LogP contribution in [-0.2, 0) is 9.59 Å². The van der Waals surface area contributed by atoms with E-state index in [2.05, 4.69) is 10.6 Å². The van der Waals surface area contributed by atoms with Crippen molar-refractivity contribution in [1.82, 2.24) is 10.2 Å². The molecule has 0 bridgehead atoms. The van der Waals surface area contributed by atoms with Crippen LogP contribution in [0.3, 0.4) is 0 Å². The number of hydrogen-bond donors (Lipinski definition) is 2. The Balaban J connectivity index is 1.58. The number of nitrogens with one attached hydrogen (secondary N) is 2. The van der Waals surface area contributed by atoms with Crippen LogP contribution in [0.15, 0.2) is 42.5 Å². The van der Waals surface area contributed by atoms with Crippen LogP contribution >= 0.6 is 23.2 Å². The first-order chi connectivity index (χ1) is 12.9. The first-order valence-corrected chi connectivity index (χ1v) is 8.59. The van der Waals surface area contributed by atoms with Crippen molar-refractivity contribution in [2.75, 3.05) is 18.4 Å². The van der Waals surface area contributed by atoms with Gasteiger partial charge in [0.2, 0.25) is 11.8 Å². The smallest absolute Gasteiger partial charge is 0.262 e. The average molecular weight is 406 g/mol. The fourth-order valence-electron chi connectivity index (χ4n) is 2.53. The second kappa shape index (κ2) is 7.77. The highest BCUT2D eigenvalue weighted by Crippen LogP contribution is 2.31. The summed E-state index contributed by atoms with van der Waals surface area (Å²) >= 11 is 11.7. The van der Waals surface area contributed by atoms with Gasteiger partial charge < -0.3 is 10.6 Å². The van der Waals surface area contributed by atoms with Crippen LogP contribution in [0.25, 0.3) is 0 Å². The third-order valence-electron chi connectivity index (χ3n) is 3.82. The Labute approximate surface area is 164 Å². The zero-order chi connectivity index (χ0) is 19.6. The van der Waals surface area contributed by atoms with Crippen LogP contribution < -0.4 is 10.6 Å². The SMILES string of the molecule is O=C(CN1C(=O)c2cc(Cl)c(Cl)cc2C1=O)NCC(=O)Nc1ccccc1. The van der Waals surface area contributed by atoms with Gasteiger partial charge in [-0.2, -0.15) is 0 Å². The number of anilines is 1. The number of amides is 4. The van der Waals surface area contributed by atoms with E-state index in [1.807, 2.05) is 0 Å². The molecule has 0 radical (unpaired) electrons. The van der Waals surface area contributed by atoms with Gasteiger partial charge in [0.15, 0.2) is 0 Å². The second-order valence-corrected chi connectivity index (χ2v) is 6.51. The molecule has 0 spiro atoms. The van der Waals surface area contributed by atoms with E-state index in [0.29, 0.717) is 5.69 Å². The number of nitrogens with zero attached hydrogens (tertiary/aromatic N) is 1. The predicted octanol–water partition coefficient (Wildman–Crippen LogP) is 2.34. The monoisotopic (exact) mass is 405 g/mol. The largest absolute Gasteiger partial charge is 0.345 e. The zero-order valence-corrected chi connectivity index (χ0v) is 15.3. The number of para-hydroxylation sites is 1. The quantitative estimate of drug-likeness (QED) is 0.746. The maximum atomic E-state index is 12.3. The van der Waals surface area contributed by atoms with Gasteiger partial charge in [0, 0.05) is 5.69 Å². The van der Waals surface area contributed by atoms with E-state index in [9.17, 15) is 19.2 Å². The number of fused-ring (bicyclic) bond motifs is 1. The summed E-state index contributed by atoms with van der Waals surface area (Å²) < 4.78 is 0. The Kier molecular flexibility index (Phi) is 5.43. The second-order valence-electron chi connectivity index (χ2n) is 5.70. The van der Waals surface area contributed by atoms with E-state index in [1.165, 1.54) is 12.1 Å². The third-order valence-corrected chi connectivity index (χ3v) is 4.54. The van der Waals surface area contributed by atoms with Crippen molar-refractivity contribution in [1.29, 1.82) is 0 Å². The topological polar surface area (TPSA) is 95.6 Å². The van der Waals surface area contributed by atoms with Crippen LogP contribution in [0.2, 0.25) is 10.0 Å². The molecular formula is C18H13Cl2N3O4. The van der Waals surface area contributed by atoms with Crippen molar-refractivity contribution in [2.24, 2.45) is 0 Å². The number of halogens is 2. The van der Waals surface area contributed by atoms with Crippen molar-refractivity contribution in [3.8, 4) is 0 Å². The van der Waals surface area contributed by atoms with Crippen LogP contribution in [0, 0.1) is 0 Å². The summed E-state index contributed by atoms with van der Waals surface area (Å²) in [5.74, 6) is -2.37. The number of imide groups is 1. The van der Waals surface area contributed by atoms with Gasteiger partial charge in [0.05, 0.1) is 27.7 Å². The highest BCUT2D eigenvalue weighted by molar-refractivity contribution is 6.43. The van der Waals surface area contributed by atoms with E-state index >= 15 is 0 Å². The highest BCUT2D eigenvalue weighted by atomic mass is 35.5. The number of hydrogen-bond acceptors (Lipinski definition) is 4. The summed E-state index contributed by atoms with van der Waals surface area (Å²) in [6.07, 6.45) is 0. The van der Waals surface area contributed by atoms with E-state index in [1.54, 1.807) is 30.3 Å². The summed E-state index contributed by atoms with van der Waals surface area (Å²) in [5, 5.41) is 5.25. The Bertz CT molecular complexity index is 906. The van der Waals surface area contributed by atoms with Crippen LogP contribution in [0.1, 0.15) is 20.7 Å². The lowest BCUT2D eigenvalue weighted by molar-refractivity contribution is -0.124. The van der Waals surface area contributed by atoms with E-state index < -0.39 is 30.2 Å². The van der Waals surface area contributed by atoms with Gasteiger partial charge in [0.25, 0.3) is 11.8 Å². The van der Waals surface area contributed by atoms with Gasteiger partial charge in [-0.3, -0.25) is 24.1 Å². The summed E-state index contributed by atoms with van der Waals surface area (Å²) in [7, 11) is 0. The molecule has 2 aromatic carbocycles. The van der Waals surface area contributed by atoms with Gasteiger partial charge in [-0.1, -0.05) is 41.4 Å². The molecule has 0 atom stereocenters. The Morgan fingerprint density at radius 2 is 1.44 bits per heavy atom. The van der Waals surface area contributed by atoms with Gasteiger partial charge in [-0.25, -0.2) is 0 Å². The summed E-state index contributed by atoms with van der Waals surface area (Å²) in [5.41, 5.74) is 0.763. The molecule has 7 nitrogen and oxygen atoms in total. The first kappa shape index (κ1) is 18.9. The Morgan fingerprint density at radius 3 is 2.00 bits per heavy atom. The molecule has 0 saturated heterocycles.